The molecule has 0 bridgehead atoms. The molecule has 2 aliphatic rings. The number of fused-ring (bicyclic) bond motifs is 1. The maximum absolute atomic E-state index is 12.8. The number of aryl methyl sites for hydroxylation is 1. The first kappa shape index (κ1) is 17.2. The van der Waals surface area contributed by atoms with E-state index in [1.165, 1.54) is 30.4 Å². The number of amides is 1. The number of carbonyl (C=O) groups is 1. The number of nitrogens with zero attached hydrogens (tertiary/aromatic N) is 4. The van der Waals surface area contributed by atoms with Gasteiger partial charge in [0.15, 0.2) is 5.69 Å². The molecule has 1 unspecified atom stereocenters. The molecule has 1 aromatic carbocycles. The highest BCUT2D eigenvalue weighted by atomic mass is 16.2. The summed E-state index contributed by atoms with van der Waals surface area (Å²) in [6.45, 7) is 1.91. The van der Waals surface area contributed by atoms with E-state index in [-0.39, 0.29) is 11.9 Å². The largest absolute Gasteiger partial charge is 0.337 e. The fraction of sp³-hybridized carbons (Fsp3) is 0.550. The standard InChI is InChI=1S/C20H27N5O/c1-24(18-12-15-6-2-3-7-16(15)13-18)20(26)19-14-25(23-22-19)11-9-17-8-4-5-10-21-17/h2-3,6-7,14,17-18,21H,4-5,8-13H2,1H3. The number of hydrogen-bond donors (Lipinski definition) is 1. The SMILES string of the molecule is CN(C(=O)c1cn(CCC2CCCCN2)nn1)C1Cc2ccccc2C1. The van der Waals surface area contributed by atoms with Gasteiger partial charge in [0.1, 0.15) is 0 Å². The molecule has 1 N–H and O–H groups in total. The van der Waals surface area contributed by atoms with Gasteiger partial charge in [0.25, 0.3) is 5.91 Å². The Labute approximate surface area is 154 Å². The summed E-state index contributed by atoms with van der Waals surface area (Å²) in [6.07, 6.45) is 8.46. The number of nitrogens with one attached hydrogen (secondary N) is 1. The molecule has 1 saturated heterocycles. The second-order valence-corrected chi connectivity index (χ2v) is 7.55. The van der Waals surface area contributed by atoms with Crippen molar-refractivity contribution in [1.82, 2.24) is 25.2 Å². The second-order valence-electron chi connectivity index (χ2n) is 7.55. The van der Waals surface area contributed by atoms with Crippen LogP contribution in [-0.2, 0) is 19.4 Å². The summed E-state index contributed by atoms with van der Waals surface area (Å²) in [5.74, 6) is -0.0372. The van der Waals surface area contributed by atoms with Crippen LogP contribution in [0.2, 0.25) is 0 Å². The zero-order valence-electron chi connectivity index (χ0n) is 15.4. The Hall–Kier alpha value is -2.21. The lowest BCUT2D eigenvalue weighted by Crippen LogP contribution is -2.37. The van der Waals surface area contributed by atoms with Crippen LogP contribution in [-0.4, -0.2) is 51.5 Å². The lowest BCUT2D eigenvalue weighted by atomic mass is 10.0. The summed E-state index contributed by atoms with van der Waals surface area (Å²) < 4.78 is 1.81. The minimum atomic E-state index is -0.0372. The number of hydrogen-bond acceptors (Lipinski definition) is 4. The molecule has 1 aliphatic carbocycles. The van der Waals surface area contributed by atoms with Crippen LogP contribution in [0.15, 0.2) is 30.5 Å². The third-order valence-electron chi connectivity index (χ3n) is 5.77. The van der Waals surface area contributed by atoms with Crippen LogP contribution in [0.3, 0.4) is 0 Å². The Bertz CT molecular complexity index is 740. The molecular weight excluding hydrogens is 326 g/mol. The highest BCUT2D eigenvalue weighted by molar-refractivity contribution is 5.92. The minimum absolute atomic E-state index is 0.0372. The summed E-state index contributed by atoms with van der Waals surface area (Å²) in [5, 5.41) is 11.8. The van der Waals surface area contributed by atoms with E-state index in [1.807, 2.05) is 11.9 Å². The maximum atomic E-state index is 12.8. The van der Waals surface area contributed by atoms with E-state index >= 15 is 0 Å². The smallest absolute Gasteiger partial charge is 0.276 e. The van der Waals surface area contributed by atoms with Crippen LogP contribution in [0, 0.1) is 0 Å². The molecule has 4 rings (SSSR count). The first-order chi connectivity index (χ1) is 12.7. The van der Waals surface area contributed by atoms with E-state index in [2.05, 4.69) is 39.9 Å². The van der Waals surface area contributed by atoms with Crippen LogP contribution < -0.4 is 5.32 Å². The first-order valence-corrected chi connectivity index (χ1v) is 9.68. The molecule has 1 aliphatic heterocycles. The van der Waals surface area contributed by atoms with Gasteiger partial charge in [0.2, 0.25) is 0 Å². The maximum Gasteiger partial charge on any atom is 0.276 e. The fourth-order valence-electron chi connectivity index (χ4n) is 4.12. The van der Waals surface area contributed by atoms with Crippen molar-refractivity contribution in [2.24, 2.45) is 0 Å². The number of piperidine rings is 1. The quantitative estimate of drug-likeness (QED) is 0.894. The van der Waals surface area contributed by atoms with Gasteiger partial charge in [-0.25, -0.2) is 0 Å². The number of benzene rings is 1. The van der Waals surface area contributed by atoms with Crippen LogP contribution in [0.4, 0.5) is 0 Å². The van der Waals surface area contributed by atoms with Gasteiger partial charge in [-0.05, 0) is 49.8 Å². The highest BCUT2D eigenvalue weighted by Crippen LogP contribution is 2.25. The Morgan fingerprint density at radius 1 is 1.27 bits per heavy atom. The van der Waals surface area contributed by atoms with Gasteiger partial charge in [-0.2, -0.15) is 0 Å². The van der Waals surface area contributed by atoms with Crippen molar-refractivity contribution in [2.45, 2.75) is 57.2 Å². The summed E-state index contributed by atoms with van der Waals surface area (Å²) in [5.41, 5.74) is 3.14. The molecule has 6 heteroatoms. The van der Waals surface area contributed by atoms with Crippen molar-refractivity contribution in [1.29, 1.82) is 0 Å². The normalized spacial score (nSPS) is 20.1. The Morgan fingerprint density at radius 3 is 2.73 bits per heavy atom. The molecule has 2 heterocycles. The Balaban J connectivity index is 1.34. The van der Waals surface area contributed by atoms with Crippen LogP contribution >= 0.6 is 0 Å². The number of carbonyl (C=O) groups excluding carboxylic acids is 1. The Morgan fingerprint density at radius 2 is 2.04 bits per heavy atom. The van der Waals surface area contributed by atoms with Gasteiger partial charge < -0.3 is 10.2 Å². The third-order valence-corrected chi connectivity index (χ3v) is 5.77. The first-order valence-electron chi connectivity index (χ1n) is 9.68. The predicted octanol–water partition coefficient (Wildman–Crippen LogP) is 2.05. The van der Waals surface area contributed by atoms with Crippen LogP contribution in [0.5, 0.6) is 0 Å². The van der Waals surface area contributed by atoms with E-state index in [4.69, 9.17) is 0 Å². The van der Waals surface area contributed by atoms with E-state index in [1.54, 1.807) is 10.9 Å². The summed E-state index contributed by atoms with van der Waals surface area (Å²) >= 11 is 0. The van der Waals surface area contributed by atoms with Gasteiger partial charge in [-0.1, -0.05) is 35.9 Å². The van der Waals surface area contributed by atoms with E-state index in [0.29, 0.717) is 11.7 Å². The highest BCUT2D eigenvalue weighted by Gasteiger charge is 2.29. The van der Waals surface area contributed by atoms with Gasteiger partial charge in [0, 0.05) is 25.7 Å². The molecule has 1 fully saturated rings. The van der Waals surface area contributed by atoms with Crippen LogP contribution in [0.25, 0.3) is 0 Å². The molecule has 26 heavy (non-hydrogen) atoms. The number of aromatic nitrogens is 3. The lowest BCUT2D eigenvalue weighted by molar-refractivity contribution is 0.0731. The molecule has 1 aromatic heterocycles. The second kappa shape index (κ2) is 7.58. The number of likely N-dealkylation sites (N-methyl/N-ethyl adjacent to an activating group) is 1. The van der Waals surface area contributed by atoms with Crippen molar-refractivity contribution in [2.75, 3.05) is 13.6 Å². The molecule has 138 valence electrons. The number of rotatable bonds is 5. The van der Waals surface area contributed by atoms with Gasteiger partial charge >= 0.3 is 0 Å². The summed E-state index contributed by atoms with van der Waals surface area (Å²) in [7, 11) is 1.88. The molecule has 0 spiro atoms. The lowest BCUT2D eigenvalue weighted by Gasteiger charge is -2.23. The van der Waals surface area contributed by atoms with Crippen molar-refractivity contribution in [3.05, 3.63) is 47.3 Å². The topological polar surface area (TPSA) is 63.1 Å². The monoisotopic (exact) mass is 353 g/mol. The Kier molecular flexibility index (Phi) is 5.02. The average molecular weight is 353 g/mol. The van der Waals surface area contributed by atoms with Crippen molar-refractivity contribution >= 4 is 5.91 Å². The zero-order chi connectivity index (χ0) is 17.9. The molecule has 2 aromatic rings. The molecule has 1 atom stereocenters. The fourth-order valence-corrected chi connectivity index (χ4v) is 4.12. The van der Waals surface area contributed by atoms with Crippen molar-refractivity contribution in [3.63, 3.8) is 0 Å². The van der Waals surface area contributed by atoms with Gasteiger partial charge in [-0.3, -0.25) is 9.48 Å². The molecular formula is C20H27N5O. The van der Waals surface area contributed by atoms with E-state index in [0.717, 1.165) is 32.4 Å². The van der Waals surface area contributed by atoms with Crippen molar-refractivity contribution < 1.29 is 4.79 Å². The zero-order valence-corrected chi connectivity index (χ0v) is 15.4. The average Bonchev–Trinajstić information content (AvgIpc) is 3.33. The molecule has 0 saturated carbocycles. The van der Waals surface area contributed by atoms with Crippen molar-refractivity contribution in [3.8, 4) is 0 Å². The summed E-state index contributed by atoms with van der Waals surface area (Å²) in [6, 6.07) is 9.21. The van der Waals surface area contributed by atoms with Gasteiger partial charge in [-0.15, -0.1) is 5.10 Å². The van der Waals surface area contributed by atoms with E-state index < -0.39 is 0 Å². The van der Waals surface area contributed by atoms with Crippen LogP contribution in [0.1, 0.15) is 47.3 Å². The third kappa shape index (κ3) is 3.65. The van der Waals surface area contributed by atoms with Gasteiger partial charge in [0.05, 0.1) is 6.20 Å². The van der Waals surface area contributed by atoms with E-state index in [9.17, 15) is 4.79 Å². The molecule has 6 nitrogen and oxygen atoms in total. The predicted molar refractivity (Wildman–Crippen MR) is 100 cm³/mol. The summed E-state index contributed by atoms with van der Waals surface area (Å²) in [4.78, 5) is 14.6. The minimum Gasteiger partial charge on any atom is -0.337 e. The molecule has 0 radical (unpaired) electrons. The molecule has 1 amide bonds.